The zero-order valence-corrected chi connectivity index (χ0v) is 10.6. The first-order valence-corrected chi connectivity index (χ1v) is 6.11. The molecule has 1 heterocycles. The van der Waals surface area contributed by atoms with Crippen molar-refractivity contribution >= 4 is 22.6 Å². The van der Waals surface area contributed by atoms with Crippen molar-refractivity contribution < 1.29 is 0 Å². The summed E-state index contributed by atoms with van der Waals surface area (Å²) in [6.45, 7) is 2.03. The molecule has 18 heavy (non-hydrogen) atoms. The van der Waals surface area contributed by atoms with Crippen LogP contribution in [0, 0.1) is 6.92 Å². The lowest BCUT2D eigenvalue weighted by Gasteiger charge is -2.05. The first-order chi connectivity index (χ1) is 8.74. The molecule has 0 bridgehead atoms. The van der Waals surface area contributed by atoms with Gasteiger partial charge in [-0.1, -0.05) is 48.0 Å². The van der Waals surface area contributed by atoms with E-state index in [2.05, 4.69) is 9.97 Å². The summed E-state index contributed by atoms with van der Waals surface area (Å²) in [5.41, 5.74) is 4.56. The molecule has 0 unspecified atom stereocenters. The minimum absolute atomic E-state index is 0.444. The number of benzene rings is 2. The predicted molar refractivity (Wildman–Crippen MR) is 74.7 cm³/mol. The molecule has 1 aromatic heterocycles. The number of fused-ring (bicyclic) bond motifs is 1. The Morgan fingerprint density at radius 3 is 2.44 bits per heavy atom. The normalized spacial score (nSPS) is 10.8. The monoisotopic (exact) mass is 254 g/mol. The van der Waals surface area contributed by atoms with E-state index in [9.17, 15) is 0 Å². The topological polar surface area (TPSA) is 25.8 Å². The molecule has 0 saturated heterocycles. The van der Waals surface area contributed by atoms with Crippen LogP contribution in [0.1, 0.15) is 5.56 Å². The Balaban J connectivity index is 2.25. The molecule has 0 aliphatic heterocycles. The summed E-state index contributed by atoms with van der Waals surface area (Å²) < 4.78 is 0. The summed E-state index contributed by atoms with van der Waals surface area (Å²) in [5, 5.41) is 0.444. The van der Waals surface area contributed by atoms with Gasteiger partial charge >= 0.3 is 0 Å². The maximum atomic E-state index is 6.22. The van der Waals surface area contributed by atoms with Gasteiger partial charge in [0, 0.05) is 5.56 Å². The van der Waals surface area contributed by atoms with E-state index in [1.54, 1.807) is 0 Å². The van der Waals surface area contributed by atoms with Crippen LogP contribution in [0.3, 0.4) is 0 Å². The molecule has 3 rings (SSSR count). The van der Waals surface area contributed by atoms with Crippen molar-refractivity contribution in [2.75, 3.05) is 0 Å². The molecular formula is C15H11ClN2. The lowest BCUT2D eigenvalue weighted by atomic mass is 10.1. The van der Waals surface area contributed by atoms with Gasteiger partial charge in [-0.05, 0) is 24.6 Å². The van der Waals surface area contributed by atoms with Gasteiger partial charge in [0.15, 0.2) is 5.15 Å². The van der Waals surface area contributed by atoms with Crippen LogP contribution in [0.4, 0.5) is 0 Å². The number of halogens is 1. The van der Waals surface area contributed by atoms with Gasteiger partial charge < -0.3 is 0 Å². The van der Waals surface area contributed by atoms with E-state index in [0.29, 0.717) is 5.15 Å². The summed E-state index contributed by atoms with van der Waals surface area (Å²) in [5.74, 6) is 0. The average Bonchev–Trinajstić information content (AvgIpc) is 2.39. The Morgan fingerprint density at radius 1 is 0.889 bits per heavy atom. The first kappa shape index (κ1) is 11.2. The standard InChI is InChI=1S/C15H11ClN2/c1-10-7-8-12-13(9-10)18-15(16)14(17-12)11-5-3-2-4-6-11/h2-9H,1H3. The molecule has 2 aromatic carbocycles. The summed E-state index contributed by atoms with van der Waals surface area (Å²) >= 11 is 6.22. The fourth-order valence-corrected chi connectivity index (χ4v) is 2.16. The number of rotatable bonds is 1. The Hall–Kier alpha value is -1.93. The van der Waals surface area contributed by atoms with Gasteiger partial charge in [0.1, 0.15) is 5.69 Å². The third-order valence-electron chi connectivity index (χ3n) is 2.82. The highest BCUT2D eigenvalue weighted by Gasteiger charge is 2.08. The highest BCUT2D eigenvalue weighted by Crippen LogP contribution is 2.26. The average molecular weight is 255 g/mol. The Bertz CT molecular complexity index is 708. The van der Waals surface area contributed by atoms with Crippen molar-refractivity contribution in [2.24, 2.45) is 0 Å². The third kappa shape index (κ3) is 1.95. The molecule has 88 valence electrons. The van der Waals surface area contributed by atoms with Crippen LogP contribution < -0.4 is 0 Å². The highest BCUT2D eigenvalue weighted by atomic mass is 35.5. The molecule has 0 atom stereocenters. The fraction of sp³-hybridized carbons (Fsp3) is 0.0667. The number of aromatic nitrogens is 2. The molecule has 0 fully saturated rings. The minimum atomic E-state index is 0.444. The van der Waals surface area contributed by atoms with Crippen molar-refractivity contribution in [3.63, 3.8) is 0 Å². The molecule has 3 aromatic rings. The van der Waals surface area contributed by atoms with Gasteiger partial charge in [0.05, 0.1) is 11.0 Å². The molecule has 2 nitrogen and oxygen atoms in total. The maximum Gasteiger partial charge on any atom is 0.156 e. The lowest BCUT2D eigenvalue weighted by Crippen LogP contribution is -1.91. The second kappa shape index (κ2) is 4.39. The second-order valence-corrected chi connectivity index (χ2v) is 4.58. The van der Waals surface area contributed by atoms with E-state index in [0.717, 1.165) is 27.9 Å². The van der Waals surface area contributed by atoms with Gasteiger partial charge in [-0.25, -0.2) is 9.97 Å². The molecule has 0 saturated carbocycles. The Labute approximate surface area is 110 Å². The lowest BCUT2D eigenvalue weighted by molar-refractivity contribution is 1.28. The number of hydrogen-bond donors (Lipinski definition) is 0. The van der Waals surface area contributed by atoms with E-state index >= 15 is 0 Å². The van der Waals surface area contributed by atoms with Gasteiger partial charge in [0.25, 0.3) is 0 Å². The zero-order chi connectivity index (χ0) is 12.5. The molecule has 0 spiro atoms. The van der Waals surface area contributed by atoms with Crippen molar-refractivity contribution in [3.05, 3.63) is 59.2 Å². The van der Waals surface area contributed by atoms with Crippen LogP contribution in [0.15, 0.2) is 48.5 Å². The summed E-state index contributed by atoms with van der Waals surface area (Å²) in [4.78, 5) is 9.01. The molecular weight excluding hydrogens is 244 g/mol. The van der Waals surface area contributed by atoms with Gasteiger partial charge in [-0.3, -0.25) is 0 Å². The fourth-order valence-electron chi connectivity index (χ4n) is 1.92. The van der Waals surface area contributed by atoms with Gasteiger partial charge in [-0.2, -0.15) is 0 Å². The number of aryl methyl sites for hydroxylation is 1. The van der Waals surface area contributed by atoms with Crippen LogP contribution in [-0.4, -0.2) is 9.97 Å². The van der Waals surface area contributed by atoms with E-state index in [1.807, 2.05) is 55.5 Å². The maximum absolute atomic E-state index is 6.22. The van der Waals surface area contributed by atoms with Crippen LogP contribution in [0.25, 0.3) is 22.3 Å². The smallest absolute Gasteiger partial charge is 0.156 e. The van der Waals surface area contributed by atoms with E-state index in [-0.39, 0.29) is 0 Å². The summed E-state index contributed by atoms with van der Waals surface area (Å²) in [7, 11) is 0. The summed E-state index contributed by atoms with van der Waals surface area (Å²) in [6.07, 6.45) is 0. The van der Waals surface area contributed by atoms with Crippen molar-refractivity contribution in [2.45, 2.75) is 6.92 Å². The van der Waals surface area contributed by atoms with Crippen LogP contribution >= 0.6 is 11.6 Å². The van der Waals surface area contributed by atoms with Crippen molar-refractivity contribution in [1.82, 2.24) is 9.97 Å². The first-order valence-electron chi connectivity index (χ1n) is 5.73. The molecule has 0 aliphatic carbocycles. The molecule has 0 N–H and O–H groups in total. The van der Waals surface area contributed by atoms with E-state index < -0.39 is 0 Å². The largest absolute Gasteiger partial charge is 0.243 e. The van der Waals surface area contributed by atoms with Gasteiger partial charge in [0.2, 0.25) is 0 Å². The quantitative estimate of drug-likeness (QED) is 0.648. The number of hydrogen-bond acceptors (Lipinski definition) is 2. The SMILES string of the molecule is Cc1ccc2nc(-c3ccccc3)c(Cl)nc2c1. The van der Waals surface area contributed by atoms with E-state index in [4.69, 9.17) is 11.6 Å². The Morgan fingerprint density at radius 2 is 1.67 bits per heavy atom. The van der Waals surface area contributed by atoms with Crippen molar-refractivity contribution in [3.8, 4) is 11.3 Å². The second-order valence-electron chi connectivity index (χ2n) is 4.22. The molecule has 0 aliphatic rings. The van der Waals surface area contributed by atoms with E-state index in [1.165, 1.54) is 0 Å². The zero-order valence-electron chi connectivity index (χ0n) is 9.89. The predicted octanol–water partition coefficient (Wildman–Crippen LogP) is 4.26. The Kier molecular flexibility index (Phi) is 2.73. The minimum Gasteiger partial charge on any atom is -0.243 e. The molecule has 0 amide bonds. The van der Waals surface area contributed by atoms with Crippen LogP contribution in [0.5, 0.6) is 0 Å². The van der Waals surface area contributed by atoms with Gasteiger partial charge in [-0.15, -0.1) is 0 Å². The molecule has 0 radical (unpaired) electrons. The molecule has 3 heteroatoms. The third-order valence-corrected chi connectivity index (χ3v) is 3.09. The highest BCUT2D eigenvalue weighted by molar-refractivity contribution is 6.32. The van der Waals surface area contributed by atoms with Crippen LogP contribution in [0.2, 0.25) is 5.15 Å². The van der Waals surface area contributed by atoms with Crippen LogP contribution in [-0.2, 0) is 0 Å². The number of nitrogens with zero attached hydrogens (tertiary/aromatic N) is 2. The summed E-state index contributed by atoms with van der Waals surface area (Å²) in [6, 6.07) is 15.9. The van der Waals surface area contributed by atoms with Crippen molar-refractivity contribution in [1.29, 1.82) is 0 Å².